The van der Waals surface area contributed by atoms with E-state index in [1.54, 1.807) is 12.1 Å². The Morgan fingerprint density at radius 1 is 1.16 bits per heavy atom. The quantitative estimate of drug-likeness (QED) is 0.312. The van der Waals surface area contributed by atoms with Crippen molar-refractivity contribution in [2.24, 2.45) is 5.92 Å². The zero-order valence-corrected chi connectivity index (χ0v) is 18.7. The first kappa shape index (κ1) is 22.5. The Kier molecular flexibility index (Phi) is 7.06. The number of benzene rings is 2. The van der Waals surface area contributed by atoms with Gasteiger partial charge in [-0.1, -0.05) is 55.4 Å². The number of nitro benzene ring substituents is 1. The van der Waals surface area contributed by atoms with E-state index >= 15 is 0 Å². The minimum Gasteiger partial charge on any atom is -0.346 e. The number of non-ortho nitro benzene ring substituents is 1. The molecule has 0 bridgehead atoms. The fourth-order valence-electron chi connectivity index (χ4n) is 3.02. The molecule has 0 aliphatic heterocycles. The molecule has 3 aromatic rings. The van der Waals surface area contributed by atoms with Crippen molar-refractivity contribution in [3.63, 3.8) is 0 Å². The first-order valence-corrected chi connectivity index (χ1v) is 10.9. The number of carbonyl (C=O) groups is 1. The van der Waals surface area contributed by atoms with E-state index in [1.165, 1.54) is 29.5 Å². The van der Waals surface area contributed by atoms with Gasteiger partial charge >= 0.3 is 0 Å². The van der Waals surface area contributed by atoms with Crippen molar-refractivity contribution < 1.29 is 9.72 Å². The number of amides is 1. The highest BCUT2D eigenvalue weighted by Gasteiger charge is 2.22. The number of rotatable bonds is 8. The summed E-state index contributed by atoms with van der Waals surface area (Å²) in [5, 5.41) is 23.3. The summed E-state index contributed by atoms with van der Waals surface area (Å²) in [4.78, 5) is 22.8. The minimum absolute atomic E-state index is 0.00787. The number of carbonyl (C=O) groups excluding carboxylic acids is 1. The number of nitrogens with one attached hydrogen (secondary N) is 1. The molecule has 0 aliphatic carbocycles. The van der Waals surface area contributed by atoms with Crippen LogP contribution < -0.4 is 5.32 Å². The Labute approximate surface area is 185 Å². The molecule has 1 amide bonds. The summed E-state index contributed by atoms with van der Waals surface area (Å²) in [5.41, 5.74) is 3.04. The third-order valence-corrected chi connectivity index (χ3v) is 5.70. The number of nitro groups is 1. The topological polar surface area (TPSA) is 103 Å². The fraction of sp³-hybridized carbons (Fsp3) is 0.318. The monoisotopic (exact) mass is 439 g/mol. The van der Waals surface area contributed by atoms with Crippen LogP contribution in [0.2, 0.25) is 0 Å². The van der Waals surface area contributed by atoms with E-state index < -0.39 is 4.92 Å². The van der Waals surface area contributed by atoms with E-state index in [0.29, 0.717) is 22.4 Å². The summed E-state index contributed by atoms with van der Waals surface area (Å²) in [6.45, 7) is 7.55. The zero-order valence-electron chi connectivity index (χ0n) is 17.9. The van der Waals surface area contributed by atoms with Crippen molar-refractivity contribution in [3.8, 4) is 5.69 Å². The maximum Gasteiger partial charge on any atom is 0.269 e. The van der Waals surface area contributed by atoms with Gasteiger partial charge in [0.25, 0.3) is 5.69 Å². The molecule has 9 heteroatoms. The van der Waals surface area contributed by atoms with Crippen molar-refractivity contribution >= 4 is 23.4 Å². The summed E-state index contributed by atoms with van der Waals surface area (Å²) < 4.78 is 1.84. The number of aryl methyl sites for hydroxylation is 1. The van der Waals surface area contributed by atoms with Gasteiger partial charge in [0.15, 0.2) is 11.0 Å². The van der Waals surface area contributed by atoms with Crippen molar-refractivity contribution in [1.29, 1.82) is 0 Å². The van der Waals surface area contributed by atoms with Crippen LogP contribution in [-0.4, -0.2) is 25.6 Å². The molecule has 0 saturated heterocycles. The molecule has 1 atom stereocenters. The molecule has 2 aromatic carbocycles. The van der Waals surface area contributed by atoms with Gasteiger partial charge in [0, 0.05) is 29.5 Å². The summed E-state index contributed by atoms with van der Waals surface area (Å²) in [6.07, 6.45) is 0. The number of aromatic nitrogens is 3. The van der Waals surface area contributed by atoms with Crippen molar-refractivity contribution in [1.82, 2.24) is 20.1 Å². The second-order valence-corrected chi connectivity index (χ2v) is 8.55. The van der Waals surface area contributed by atoms with Crippen molar-refractivity contribution in [3.05, 3.63) is 75.6 Å². The van der Waals surface area contributed by atoms with Gasteiger partial charge in [-0.15, -0.1) is 10.2 Å². The molecule has 1 unspecified atom stereocenters. The van der Waals surface area contributed by atoms with Crippen LogP contribution in [0.4, 0.5) is 5.69 Å². The van der Waals surface area contributed by atoms with Gasteiger partial charge in [-0.3, -0.25) is 19.5 Å². The van der Waals surface area contributed by atoms with E-state index in [4.69, 9.17) is 0 Å². The van der Waals surface area contributed by atoms with Gasteiger partial charge in [0.1, 0.15) is 0 Å². The van der Waals surface area contributed by atoms with Crippen LogP contribution in [0, 0.1) is 23.0 Å². The van der Waals surface area contributed by atoms with E-state index in [2.05, 4.69) is 27.6 Å². The first-order chi connectivity index (χ1) is 14.8. The Balaban J connectivity index is 1.95. The molecular weight excluding hydrogens is 414 g/mol. The van der Waals surface area contributed by atoms with Gasteiger partial charge in [0.05, 0.1) is 11.0 Å². The van der Waals surface area contributed by atoms with Crippen molar-refractivity contribution in [2.75, 3.05) is 0 Å². The Morgan fingerprint density at radius 2 is 1.87 bits per heavy atom. The lowest BCUT2D eigenvalue weighted by Crippen LogP contribution is -2.31. The van der Waals surface area contributed by atoms with E-state index in [0.717, 1.165) is 5.56 Å². The van der Waals surface area contributed by atoms with Crippen LogP contribution >= 0.6 is 11.8 Å². The Hall–Kier alpha value is -3.20. The third kappa shape index (κ3) is 5.49. The highest BCUT2D eigenvalue weighted by atomic mass is 32.2. The van der Waals surface area contributed by atoms with Crippen LogP contribution in [0.3, 0.4) is 0 Å². The van der Waals surface area contributed by atoms with Gasteiger partial charge in [0.2, 0.25) is 5.91 Å². The van der Waals surface area contributed by atoms with Crippen molar-refractivity contribution in [2.45, 2.75) is 44.6 Å². The van der Waals surface area contributed by atoms with Crippen LogP contribution in [0.25, 0.3) is 5.69 Å². The fourth-order valence-corrected chi connectivity index (χ4v) is 3.92. The average molecular weight is 440 g/mol. The van der Waals surface area contributed by atoms with Gasteiger partial charge in [-0.2, -0.15) is 0 Å². The molecule has 1 heterocycles. The minimum atomic E-state index is -0.435. The summed E-state index contributed by atoms with van der Waals surface area (Å²) >= 11 is 1.52. The molecule has 1 aromatic heterocycles. The van der Waals surface area contributed by atoms with Crippen LogP contribution in [0.15, 0.2) is 53.7 Å². The lowest BCUT2D eigenvalue weighted by Gasteiger charge is -2.17. The van der Waals surface area contributed by atoms with E-state index in [9.17, 15) is 14.9 Å². The average Bonchev–Trinajstić information content (AvgIpc) is 3.16. The third-order valence-electron chi connectivity index (χ3n) is 4.70. The van der Waals surface area contributed by atoms with Crippen LogP contribution in [0.5, 0.6) is 0 Å². The molecule has 162 valence electrons. The predicted molar refractivity (Wildman–Crippen MR) is 120 cm³/mol. The summed E-state index contributed by atoms with van der Waals surface area (Å²) in [6, 6.07) is 14.1. The number of thioether (sulfide) groups is 1. The smallest absolute Gasteiger partial charge is 0.269 e. The second-order valence-electron chi connectivity index (χ2n) is 7.61. The standard InChI is InChI=1S/C22H25N5O3S/c1-14(2)21(28)23-16(4)20-24-25-22(31-13-17-7-5-6-15(3)12-17)26(20)18-8-10-19(11-9-18)27(29)30/h5-12,14,16H,13H2,1-4H3,(H,23,28). The molecule has 0 saturated carbocycles. The summed E-state index contributed by atoms with van der Waals surface area (Å²) in [7, 11) is 0. The van der Waals surface area contributed by atoms with Crippen LogP contribution in [-0.2, 0) is 10.5 Å². The number of nitrogens with zero attached hydrogens (tertiary/aromatic N) is 4. The van der Waals surface area contributed by atoms with Gasteiger partial charge in [-0.25, -0.2) is 0 Å². The van der Waals surface area contributed by atoms with Gasteiger partial charge in [-0.05, 0) is 31.5 Å². The molecule has 0 aliphatic rings. The molecule has 8 nitrogen and oxygen atoms in total. The highest BCUT2D eigenvalue weighted by Crippen LogP contribution is 2.28. The second kappa shape index (κ2) is 9.74. The zero-order chi connectivity index (χ0) is 22.5. The molecule has 0 spiro atoms. The van der Waals surface area contributed by atoms with E-state index in [1.807, 2.05) is 44.4 Å². The highest BCUT2D eigenvalue weighted by molar-refractivity contribution is 7.98. The molecule has 3 rings (SSSR count). The number of hydrogen-bond donors (Lipinski definition) is 1. The molecule has 0 radical (unpaired) electrons. The largest absolute Gasteiger partial charge is 0.346 e. The molecular formula is C22H25N5O3S. The van der Waals surface area contributed by atoms with E-state index in [-0.39, 0.29) is 23.6 Å². The lowest BCUT2D eigenvalue weighted by atomic mass is 10.2. The lowest BCUT2D eigenvalue weighted by molar-refractivity contribution is -0.384. The predicted octanol–water partition coefficient (Wildman–Crippen LogP) is 4.61. The SMILES string of the molecule is Cc1cccc(CSc2nnc(C(C)NC(=O)C(C)C)n2-c2ccc([N+](=O)[O-])cc2)c1. The molecule has 31 heavy (non-hydrogen) atoms. The maximum absolute atomic E-state index is 12.2. The molecule has 0 fully saturated rings. The normalized spacial score (nSPS) is 12.0. The number of hydrogen-bond acceptors (Lipinski definition) is 6. The first-order valence-electron chi connectivity index (χ1n) is 9.95. The Bertz CT molecular complexity index is 1080. The summed E-state index contributed by atoms with van der Waals surface area (Å²) in [5.74, 6) is 1.02. The molecule has 1 N–H and O–H groups in total. The Morgan fingerprint density at radius 3 is 2.48 bits per heavy atom. The maximum atomic E-state index is 12.2. The van der Waals surface area contributed by atoms with Crippen LogP contribution in [0.1, 0.15) is 43.8 Å². The van der Waals surface area contributed by atoms with Gasteiger partial charge < -0.3 is 5.32 Å².